The van der Waals surface area contributed by atoms with Crippen molar-refractivity contribution in [3.05, 3.63) is 29.8 Å². The molecule has 82 valence electrons. The van der Waals surface area contributed by atoms with Crippen LogP contribution in [0.25, 0.3) is 0 Å². The summed E-state index contributed by atoms with van der Waals surface area (Å²) in [6.07, 6.45) is 0. The van der Waals surface area contributed by atoms with Crippen LogP contribution in [0.3, 0.4) is 0 Å². The zero-order valence-corrected chi connectivity index (χ0v) is 8.60. The lowest BCUT2D eigenvalue weighted by atomic mass is 10.2. The van der Waals surface area contributed by atoms with Gasteiger partial charge in [-0.25, -0.2) is 4.79 Å². The predicted molar refractivity (Wildman–Crippen MR) is 55.1 cm³/mol. The maximum absolute atomic E-state index is 10.1. The Morgan fingerprint density at radius 3 is 2.53 bits per heavy atom. The number of benzene rings is 1. The van der Waals surface area contributed by atoms with Crippen LogP contribution in [0.1, 0.15) is 5.56 Å². The first kappa shape index (κ1) is 11.5. The molecular formula is C11H14O4. The minimum atomic E-state index is -0.967. The molecule has 4 nitrogen and oxygen atoms in total. The molecule has 1 aromatic rings. The van der Waals surface area contributed by atoms with Crippen LogP contribution in [-0.4, -0.2) is 30.9 Å². The van der Waals surface area contributed by atoms with Gasteiger partial charge in [0.1, 0.15) is 19.0 Å². The molecule has 0 saturated heterocycles. The summed E-state index contributed by atoms with van der Waals surface area (Å²) in [7, 11) is 0. The van der Waals surface area contributed by atoms with Gasteiger partial charge in [-0.2, -0.15) is 0 Å². The highest BCUT2D eigenvalue weighted by atomic mass is 16.5. The topological polar surface area (TPSA) is 55.8 Å². The average molecular weight is 210 g/mol. The third-order valence-corrected chi connectivity index (χ3v) is 1.74. The van der Waals surface area contributed by atoms with Crippen LogP contribution < -0.4 is 4.74 Å². The standard InChI is InChI=1S/C11H14O4/c1-9-2-4-10(5-3-9)15-7-6-14-8-11(12)13/h2-5H,6-8H2,1H3,(H,12,13). The molecule has 0 saturated carbocycles. The number of carboxylic acids is 1. The number of carbonyl (C=O) groups is 1. The van der Waals surface area contributed by atoms with Crippen LogP contribution in [0.4, 0.5) is 0 Å². The molecule has 0 fully saturated rings. The number of carboxylic acid groups (broad SMARTS) is 1. The number of hydrogen-bond acceptors (Lipinski definition) is 3. The van der Waals surface area contributed by atoms with Crippen molar-refractivity contribution in [3.63, 3.8) is 0 Å². The number of aliphatic carboxylic acids is 1. The van der Waals surface area contributed by atoms with E-state index in [1.807, 2.05) is 31.2 Å². The third kappa shape index (κ3) is 5.02. The Balaban J connectivity index is 2.15. The fraction of sp³-hybridized carbons (Fsp3) is 0.364. The van der Waals surface area contributed by atoms with E-state index in [1.165, 1.54) is 5.56 Å². The molecule has 15 heavy (non-hydrogen) atoms. The molecule has 1 N–H and O–H groups in total. The van der Waals surface area contributed by atoms with Gasteiger partial charge in [-0.1, -0.05) is 17.7 Å². The summed E-state index contributed by atoms with van der Waals surface area (Å²) in [5, 5.41) is 8.29. The fourth-order valence-corrected chi connectivity index (χ4v) is 1.01. The lowest BCUT2D eigenvalue weighted by molar-refractivity contribution is -0.142. The van der Waals surface area contributed by atoms with E-state index in [4.69, 9.17) is 14.6 Å². The third-order valence-electron chi connectivity index (χ3n) is 1.74. The largest absolute Gasteiger partial charge is 0.491 e. The van der Waals surface area contributed by atoms with Gasteiger partial charge in [-0.3, -0.25) is 0 Å². The van der Waals surface area contributed by atoms with E-state index in [1.54, 1.807) is 0 Å². The van der Waals surface area contributed by atoms with E-state index >= 15 is 0 Å². The van der Waals surface area contributed by atoms with Gasteiger partial charge >= 0.3 is 5.97 Å². The quantitative estimate of drug-likeness (QED) is 0.722. The van der Waals surface area contributed by atoms with Crippen molar-refractivity contribution >= 4 is 5.97 Å². The van der Waals surface area contributed by atoms with Gasteiger partial charge < -0.3 is 14.6 Å². The van der Waals surface area contributed by atoms with E-state index in [9.17, 15) is 4.79 Å². The highest BCUT2D eigenvalue weighted by Crippen LogP contribution is 2.10. The summed E-state index contributed by atoms with van der Waals surface area (Å²) in [4.78, 5) is 10.1. The first-order valence-corrected chi connectivity index (χ1v) is 4.67. The zero-order valence-electron chi connectivity index (χ0n) is 8.60. The van der Waals surface area contributed by atoms with E-state index in [0.29, 0.717) is 6.61 Å². The molecule has 0 aromatic heterocycles. The number of rotatable bonds is 6. The monoisotopic (exact) mass is 210 g/mol. The molecule has 0 aliphatic carbocycles. The predicted octanol–water partition coefficient (Wildman–Crippen LogP) is 1.48. The molecule has 0 bridgehead atoms. The van der Waals surface area contributed by atoms with Crippen molar-refractivity contribution in [2.75, 3.05) is 19.8 Å². The number of hydrogen-bond donors (Lipinski definition) is 1. The Labute approximate surface area is 88.4 Å². The van der Waals surface area contributed by atoms with Crippen molar-refractivity contribution in [2.24, 2.45) is 0 Å². The maximum atomic E-state index is 10.1. The van der Waals surface area contributed by atoms with Gasteiger partial charge in [0, 0.05) is 0 Å². The van der Waals surface area contributed by atoms with Crippen LogP contribution in [0.2, 0.25) is 0 Å². The molecule has 0 atom stereocenters. The molecule has 0 aliphatic rings. The molecule has 0 radical (unpaired) electrons. The van der Waals surface area contributed by atoms with Crippen LogP contribution in [-0.2, 0) is 9.53 Å². The van der Waals surface area contributed by atoms with E-state index < -0.39 is 5.97 Å². The molecular weight excluding hydrogens is 196 g/mol. The summed E-state index contributed by atoms with van der Waals surface area (Å²) >= 11 is 0. The number of aryl methyl sites for hydroxylation is 1. The van der Waals surface area contributed by atoms with E-state index in [0.717, 1.165) is 5.75 Å². The minimum Gasteiger partial charge on any atom is -0.491 e. The second-order valence-electron chi connectivity index (χ2n) is 3.11. The van der Waals surface area contributed by atoms with Gasteiger partial charge in [0.2, 0.25) is 0 Å². The van der Waals surface area contributed by atoms with Crippen LogP contribution in [0.5, 0.6) is 5.75 Å². The zero-order chi connectivity index (χ0) is 11.1. The van der Waals surface area contributed by atoms with Crippen LogP contribution in [0, 0.1) is 6.92 Å². The van der Waals surface area contributed by atoms with Crippen LogP contribution >= 0.6 is 0 Å². The van der Waals surface area contributed by atoms with Gasteiger partial charge in [0.25, 0.3) is 0 Å². The molecule has 0 amide bonds. The lowest BCUT2D eigenvalue weighted by Crippen LogP contribution is -2.12. The fourth-order valence-electron chi connectivity index (χ4n) is 1.01. The Hall–Kier alpha value is -1.55. The van der Waals surface area contributed by atoms with Gasteiger partial charge in [0.15, 0.2) is 0 Å². The first-order chi connectivity index (χ1) is 7.18. The highest BCUT2D eigenvalue weighted by molar-refractivity contribution is 5.67. The molecule has 0 spiro atoms. The van der Waals surface area contributed by atoms with Crippen molar-refractivity contribution in [2.45, 2.75) is 6.92 Å². The van der Waals surface area contributed by atoms with E-state index in [2.05, 4.69) is 0 Å². The van der Waals surface area contributed by atoms with Crippen molar-refractivity contribution in [1.29, 1.82) is 0 Å². The second kappa shape index (κ2) is 6.03. The van der Waals surface area contributed by atoms with Crippen molar-refractivity contribution in [3.8, 4) is 5.75 Å². The van der Waals surface area contributed by atoms with Gasteiger partial charge in [-0.05, 0) is 19.1 Å². The SMILES string of the molecule is Cc1ccc(OCCOCC(=O)O)cc1. The number of ether oxygens (including phenoxy) is 2. The molecule has 1 rings (SSSR count). The molecule has 0 aliphatic heterocycles. The summed E-state index contributed by atoms with van der Waals surface area (Å²) < 4.78 is 10.1. The molecule has 0 heterocycles. The minimum absolute atomic E-state index is 0.278. The molecule has 1 aromatic carbocycles. The smallest absolute Gasteiger partial charge is 0.329 e. The second-order valence-corrected chi connectivity index (χ2v) is 3.11. The summed E-state index contributed by atoms with van der Waals surface area (Å²) in [6, 6.07) is 7.64. The van der Waals surface area contributed by atoms with Gasteiger partial charge in [-0.15, -0.1) is 0 Å². The molecule has 4 heteroatoms. The van der Waals surface area contributed by atoms with Crippen molar-refractivity contribution in [1.82, 2.24) is 0 Å². The molecule has 0 unspecified atom stereocenters. The average Bonchev–Trinajstić information content (AvgIpc) is 2.20. The maximum Gasteiger partial charge on any atom is 0.329 e. The van der Waals surface area contributed by atoms with Crippen molar-refractivity contribution < 1.29 is 19.4 Å². The summed E-state index contributed by atoms with van der Waals surface area (Å²) in [6.45, 7) is 2.35. The Bertz CT molecular complexity index is 305. The Kier molecular flexibility index (Phi) is 4.63. The Morgan fingerprint density at radius 2 is 1.93 bits per heavy atom. The highest BCUT2D eigenvalue weighted by Gasteiger charge is 1.96. The van der Waals surface area contributed by atoms with E-state index in [-0.39, 0.29) is 13.2 Å². The van der Waals surface area contributed by atoms with Gasteiger partial charge in [0.05, 0.1) is 6.61 Å². The first-order valence-electron chi connectivity index (χ1n) is 4.67. The van der Waals surface area contributed by atoms with Crippen LogP contribution in [0.15, 0.2) is 24.3 Å². The summed E-state index contributed by atoms with van der Waals surface area (Å²) in [5.74, 6) is -0.204. The lowest BCUT2D eigenvalue weighted by Gasteiger charge is -2.05. The normalized spacial score (nSPS) is 9.93. The Morgan fingerprint density at radius 1 is 1.27 bits per heavy atom. The summed E-state index contributed by atoms with van der Waals surface area (Å²) in [5.41, 5.74) is 1.17.